The number of rotatable bonds is 4. The van der Waals surface area contributed by atoms with E-state index in [9.17, 15) is 0 Å². The van der Waals surface area contributed by atoms with E-state index in [0.29, 0.717) is 6.54 Å². The normalized spacial score (nSPS) is 18.6. The molecule has 6 nitrogen and oxygen atoms in total. The van der Waals surface area contributed by atoms with Gasteiger partial charge < -0.3 is 10.1 Å². The van der Waals surface area contributed by atoms with Crippen LogP contribution in [-0.4, -0.2) is 40.4 Å². The second-order valence-corrected chi connectivity index (χ2v) is 3.51. The molecule has 1 aliphatic heterocycles. The number of hydrogen-bond donors (Lipinski definition) is 2. The molecule has 0 unspecified atom stereocenters. The highest BCUT2D eigenvalue weighted by Crippen LogP contribution is 2.13. The van der Waals surface area contributed by atoms with Crippen LogP contribution in [0.2, 0.25) is 0 Å². The van der Waals surface area contributed by atoms with Crippen LogP contribution in [0.25, 0.3) is 0 Å². The first-order valence-corrected chi connectivity index (χ1v) is 4.96. The molecular weight excluding hydrogens is 182 g/mol. The van der Waals surface area contributed by atoms with Crippen molar-refractivity contribution in [2.75, 3.05) is 19.8 Å². The molecule has 1 fully saturated rings. The number of aromatic nitrogens is 4. The van der Waals surface area contributed by atoms with Gasteiger partial charge in [0, 0.05) is 13.2 Å². The standard InChI is InChI=1S/C8H15N5O/c1-3-14-4-2-7(1)5-9-6-8-10-12-13-11-8/h7,9H,1-6H2,(H,10,11,12,13). The fourth-order valence-corrected chi connectivity index (χ4v) is 1.60. The minimum atomic E-state index is 0.688. The largest absolute Gasteiger partial charge is 0.381 e. The molecule has 2 heterocycles. The number of nitrogens with one attached hydrogen (secondary N) is 2. The van der Waals surface area contributed by atoms with Crippen LogP contribution in [0.4, 0.5) is 0 Å². The Morgan fingerprint density at radius 2 is 2.29 bits per heavy atom. The monoisotopic (exact) mass is 197 g/mol. The van der Waals surface area contributed by atoms with Crippen molar-refractivity contribution in [2.24, 2.45) is 5.92 Å². The maximum atomic E-state index is 5.28. The van der Waals surface area contributed by atoms with E-state index >= 15 is 0 Å². The lowest BCUT2D eigenvalue weighted by Crippen LogP contribution is -2.27. The van der Waals surface area contributed by atoms with Gasteiger partial charge in [0.25, 0.3) is 0 Å². The van der Waals surface area contributed by atoms with E-state index in [1.807, 2.05) is 0 Å². The van der Waals surface area contributed by atoms with Crippen molar-refractivity contribution in [1.29, 1.82) is 0 Å². The summed E-state index contributed by atoms with van der Waals surface area (Å²) in [6, 6.07) is 0. The van der Waals surface area contributed by atoms with Crippen molar-refractivity contribution in [3.8, 4) is 0 Å². The predicted octanol–water partition coefficient (Wildman–Crippen LogP) is -0.284. The molecule has 1 aromatic heterocycles. The van der Waals surface area contributed by atoms with Gasteiger partial charge >= 0.3 is 0 Å². The number of nitrogens with zero attached hydrogens (tertiary/aromatic N) is 3. The van der Waals surface area contributed by atoms with Crippen LogP contribution in [0, 0.1) is 5.92 Å². The number of hydrogen-bond acceptors (Lipinski definition) is 5. The second kappa shape index (κ2) is 5.02. The van der Waals surface area contributed by atoms with Gasteiger partial charge in [0.1, 0.15) is 0 Å². The Hall–Kier alpha value is -1.01. The maximum Gasteiger partial charge on any atom is 0.188 e. The van der Waals surface area contributed by atoms with Gasteiger partial charge in [-0.2, -0.15) is 5.21 Å². The van der Waals surface area contributed by atoms with Crippen LogP contribution < -0.4 is 5.32 Å². The van der Waals surface area contributed by atoms with Gasteiger partial charge in [-0.3, -0.25) is 0 Å². The van der Waals surface area contributed by atoms with E-state index in [1.165, 1.54) is 0 Å². The smallest absolute Gasteiger partial charge is 0.188 e. The van der Waals surface area contributed by atoms with Crippen LogP contribution >= 0.6 is 0 Å². The van der Waals surface area contributed by atoms with Crippen molar-refractivity contribution >= 4 is 0 Å². The summed E-state index contributed by atoms with van der Waals surface area (Å²) in [6.45, 7) is 3.49. The zero-order valence-corrected chi connectivity index (χ0v) is 8.07. The Kier molecular flexibility index (Phi) is 3.42. The molecule has 0 bridgehead atoms. The highest BCUT2D eigenvalue weighted by atomic mass is 16.5. The number of tetrazole rings is 1. The van der Waals surface area contributed by atoms with E-state index < -0.39 is 0 Å². The predicted molar refractivity (Wildman–Crippen MR) is 49.4 cm³/mol. The minimum Gasteiger partial charge on any atom is -0.381 e. The molecule has 0 aromatic carbocycles. The molecule has 0 saturated carbocycles. The Balaban J connectivity index is 1.62. The third-order valence-electron chi connectivity index (χ3n) is 2.45. The quantitative estimate of drug-likeness (QED) is 0.694. The average molecular weight is 197 g/mol. The van der Waals surface area contributed by atoms with Crippen molar-refractivity contribution in [1.82, 2.24) is 25.9 Å². The van der Waals surface area contributed by atoms with Crippen LogP contribution in [-0.2, 0) is 11.3 Å². The van der Waals surface area contributed by atoms with Gasteiger partial charge in [0.05, 0.1) is 6.54 Å². The summed E-state index contributed by atoms with van der Waals surface area (Å²) in [7, 11) is 0. The summed E-state index contributed by atoms with van der Waals surface area (Å²) in [6.07, 6.45) is 2.30. The second-order valence-electron chi connectivity index (χ2n) is 3.51. The van der Waals surface area contributed by atoms with Crippen molar-refractivity contribution in [2.45, 2.75) is 19.4 Å². The van der Waals surface area contributed by atoms with Crippen molar-refractivity contribution in [3.05, 3.63) is 5.82 Å². The highest BCUT2D eigenvalue weighted by molar-refractivity contribution is 4.75. The molecule has 6 heteroatoms. The van der Waals surface area contributed by atoms with Crippen LogP contribution in [0.5, 0.6) is 0 Å². The number of aromatic amines is 1. The SMILES string of the molecule is C1CC(CNCc2nn[nH]n2)CCO1. The molecule has 1 aliphatic rings. The van der Waals surface area contributed by atoms with Gasteiger partial charge in [-0.1, -0.05) is 5.21 Å². The number of H-pyrrole nitrogens is 1. The van der Waals surface area contributed by atoms with E-state index in [0.717, 1.165) is 44.3 Å². The van der Waals surface area contributed by atoms with E-state index in [4.69, 9.17) is 4.74 Å². The van der Waals surface area contributed by atoms with Gasteiger partial charge in [-0.15, -0.1) is 10.2 Å². The van der Waals surface area contributed by atoms with E-state index in [2.05, 4.69) is 25.9 Å². The van der Waals surface area contributed by atoms with Gasteiger partial charge in [0.2, 0.25) is 0 Å². The first-order chi connectivity index (χ1) is 6.95. The molecule has 14 heavy (non-hydrogen) atoms. The minimum absolute atomic E-state index is 0.688. The Morgan fingerprint density at radius 3 is 3.00 bits per heavy atom. The molecule has 0 aliphatic carbocycles. The molecule has 1 saturated heterocycles. The van der Waals surface area contributed by atoms with Gasteiger partial charge in [-0.05, 0) is 25.3 Å². The summed E-state index contributed by atoms with van der Waals surface area (Å²) >= 11 is 0. The Morgan fingerprint density at radius 1 is 1.43 bits per heavy atom. The lowest BCUT2D eigenvalue weighted by atomic mass is 10.0. The molecule has 78 valence electrons. The lowest BCUT2D eigenvalue weighted by molar-refractivity contribution is 0.0662. The molecule has 0 radical (unpaired) electrons. The van der Waals surface area contributed by atoms with Gasteiger partial charge in [0.15, 0.2) is 5.82 Å². The van der Waals surface area contributed by atoms with Crippen molar-refractivity contribution in [3.63, 3.8) is 0 Å². The zero-order valence-electron chi connectivity index (χ0n) is 8.07. The van der Waals surface area contributed by atoms with E-state index in [1.54, 1.807) is 0 Å². The summed E-state index contributed by atoms with van der Waals surface area (Å²) in [5.74, 6) is 1.45. The molecular formula is C8H15N5O. The highest BCUT2D eigenvalue weighted by Gasteiger charge is 2.13. The first kappa shape index (κ1) is 9.54. The van der Waals surface area contributed by atoms with Crippen LogP contribution in [0.3, 0.4) is 0 Å². The summed E-state index contributed by atoms with van der Waals surface area (Å²) in [4.78, 5) is 0. The molecule has 0 amide bonds. The Labute approximate surface area is 82.4 Å². The molecule has 0 spiro atoms. The van der Waals surface area contributed by atoms with Gasteiger partial charge in [-0.25, -0.2) is 0 Å². The third-order valence-corrected chi connectivity index (χ3v) is 2.45. The number of ether oxygens (including phenoxy) is 1. The van der Waals surface area contributed by atoms with E-state index in [-0.39, 0.29) is 0 Å². The Bertz CT molecular complexity index is 244. The molecule has 0 atom stereocenters. The topological polar surface area (TPSA) is 75.7 Å². The molecule has 2 rings (SSSR count). The molecule has 2 N–H and O–H groups in total. The zero-order chi connectivity index (χ0) is 9.64. The summed E-state index contributed by atoms with van der Waals surface area (Å²) in [5, 5.41) is 17.0. The first-order valence-electron chi connectivity index (χ1n) is 4.96. The lowest BCUT2D eigenvalue weighted by Gasteiger charge is -2.21. The van der Waals surface area contributed by atoms with Crippen molar-refractivity contribution < 1.29 is 4.74 Å². The van der Waals surface area contributed by atoms with Crippen LogP contribution in [0.15, 0.2) is 0 Å². The fourth-order valence-electron chi connectivity index (χ4n) is 1.60. The third kappa shape index (κ3) is 2.74. The maximum absolute atomic E-state index is 5.28. The molecule has 1 aromatic rings. The van der Waals surface area contributed by atoms with Crippen LogP contribution in [0.1, 0.15) is 18.7 Å². The summed E-state index contributed by atoms with van der Waals surface area (Å²) in [5.41, 5.74) is 0. The summed E-state index contributed by atoms with van der Waals surface area (Å²) < 4.78 is 5.28. The fraction of sp³-hybridized carbons (Fsp3) is 0.875. The average Bonchev–Trinajstić information content (AvgIpc) is 2.72.